The van der Waals surface area contributed by atoms with Gasteiger partial charge < -0.3 is 10.2 Å². The van der Waals surface area contributed by atoms with Gasteiger partial charge in [-0.2, -0.15) is 0 Å². The molecule has 2 aromatic rings. The molecule has 5 nitrogen and oxygen atoms in total. The highest BCUT2D eigenvalue weighted by molar-refractivity contribution is 6.31. The first-order chi connectivity index (χ1) is 11.2. The van der Waals surface area contributed by atoms with Gasteiger partial charge in [0.1, 0.15) is 5.82 Å². The summed E-state index contributed by atoms with van der Waals surface area (Å²) in [6, 6.07) is 5.99. The van der Waals surface area contributed by atoms with Crippen LogP contribution in [0.4, 0.5) is 5.82 Å². The Hall–Kier alpha value is -1.88. The van der Waals surface area contributed by atoms with E-state index >= 15 is 0 Å². The van der Waals surface area contributed by atoms with E-state index in [0.717, 1.165) is 55.6 Å². The predicted molar refractivity (Wildman–Crippen MR) is 90.6 cm³/mol. The number of halogens is 1. The van der Waals surface area contributed by atoms with Crippen LogP contribution in [0.2, 0.25) is 5.02 Å². The average molecular weight is 331 g/mol. The number of amides is 1. The Morgan fingerprint density at radius 3 is 2.70 bits per heavy atom. The summed E-state index contributed by atoms with van der Waals surface area (Å²) < 4.78 is 0. The Bertz CT molecular complexity index is 738. The highest BCUT2D eigenvalue weighted by Gasteiger charge is 2.30. The van der Waals surface area contributed by atoms with E-state index in [4.69, 9.17) is 11.6 Å². The van der Waals surface area contributed by atoms with Crippen LogP contribution in [-0.2, 0) is 4.79 Å². The number of hydrogen-bond acceptors (Lipinski definition) is 4. The second-order valence-corrected chi connectivity index (χ2v) is 6.84. The molecule has 0 spiro atoms. The Morgan fingerprint density at radius 1 is 1.17 bits per heavy atom. The van der Waals surface area contributed by atoms with Gasteiger partial charge in [-0.3, -0.25) is 9.78 Å². The van der Waals surface area contributed by atoms with Crippen molar-refractivity contribution in [3.8, 4) is 0 Å². The van der Waals surface area contributed by atoms with E-state index < -0.39 is 0 Å². The molecule has 0 atom stereocenters. The lowest BCUT2D eigenvalue weighted by Gasteiger charge is -2.32. The van der Waals surface area contributed by atoms with Crippen LogP contribution < -0.4 is 10.2 Å². The number of rotatable bonds is 3. The number of fused-ring (bicyclic) bond motifs is 1. The third kappa shape index (κ3) is 3.24. The normalized spacial score (nSPS) is 19.1. The smallest absolute Gasteiger partial charge is 0.223 e. The van der Waals surface area contributed by atoms with Gasteiger partial charge in [-0.1, -0.05) is 11.6 Å². The van der Waals surface area contributed by atoms with Crippen molar-refractivity contribution in [1.29, 1.82) is 0 Å². The number of piperidine rings is 1. The third-order valence-corrected chi connectivity index (χ3v) is 4.84. The molecule has 0 radical (unpaired) electrons. The zero-order valence-electron chi connectivity index (χ0n) is 12.8. The van der Waals surface area contributed by atoms with Gasteiger partial charge >= 0.3 is 0 Å². The van der Waals surface area contributed by atoms with Crippen molar-refractivity contribution in [2.75, 3.05) is 18.0 Å². The van der Waals surface area contributed by atoms with Crippen LogP contribution in [-0.4, -0.2) is 35.0 Å². The van der Waals surface area contributed by atoms with Crippen molar-refractivity contribution < 1.29 is 4.79 Å². The summed E-state index contributed by atoms with van der Waals surface area (Å²) in [6.07, 6.45) is 5.82. The van der Waals surface area contributed by atoms with Gasteiger partial charge in [0.15, 0.2) is 0 Å². The molecule has 0 unspecified atom stereocenters. The van der Waals surface area contributed by atoms with Gasteiger partial charge in [0.25, 0.3) is 0 Å². The topological polar surface area (TPSA) is 58.1 Å². The fraction of sp³-hybridized carbons (Fsp3) is 0.471. The molecule has 1 saturated carbocycles. The minimum atomic E-state index is 0.138. The largest absolute Gasteiger partial charge is 0.355 e. The minimum absolute atomic E-state index is 0.138. The molecule has 2 heterocycles. The van der Waals surface area contributed by atoms with Crippen molar-refractivity contribution in [3.63, 3.8) is 0 Å². The van der Waals surface area contributed by atoms with E-state index in [-0.39, 0.29) is 11.8 Å². The molecule has 1 aromatic heterocycles. The number of carbonyl (C=O) groups excluding carboxylic acids is 1. The van der Waals surface area contributed by atoms with Crippen molar-refractivity contribution in [2.24, 2.45) is 5.92 Å². The fourth-order valence-electron chi connectivity index (χ4n) is 3.04. The lowest BCUT2D eigenvalue weighted by atomic mass is 9.96. The first-order valence-electron chi connectivity index (χ1n) is 8.17. The number of anilines is 1. The van der Waals surface area contributed by atoms with E-state index in [1.807, 2.05) is 18.2 Å². The molecule has 1 aliphatic heterocycles. The van der Waals surface area contributed by atoms with Crippen molar-refractivity contribution in [3.05, 3.63) is 29.4 Å². The monoisotopic (exact) mass is 330 g/mol. The summed E-state index contributed by atoms with van der Waals surface area (Å²) in [6.45, 7) is 1.69. The molecule has 2 aliphatic rings. The minimum Gasteiger partial charge on any atom is -0.355 e. The zero-order valence-corrected chi connectivity index (χ0v) is 13.6. The van der Waals surface area contributed by atoms with E-state index in [2.05, 4.69) is 20.2 Å². The summed E-state index contributed by atoms with van der Waals surface area (Å²) in [7, 11) is 0. The first-order valence-corrected chi connectivity index (χ1v) is 8.54. The highest BCUT2D eigenvalue weighted by Crippen LogP contribution is 2.25. The van der Waals surface area contributed by atoms with Gasteiger partial charge in [-0.25, -0.2) is 4.98 Å². The molecule has 1 amide bonds. The number of carbonyl (C=O) groups is 1. The fourth-order valence-corrected chi connectivity index (χ4v) is 3.21. The quantitative estimate of drug-likeness (QED) is 0.940. The Kier molecular flexibility index (Phi) is 3.81. The molecule has 4 rings (SSSR count). The summed E-state index contributed by atoms with van der Waals surface area (Å²) in [5, 5.41) is 3.78. The van der Waals surface area contributed by atoms with Crippen LogP contribution in [0.25, 0.3) is 11.0 Å². The Labute approximate surface area is 140 Å². The maximum Gasteiger partial charge on any atom is 0.223 e. The molecule has 6 heteroatoms. The molecule has 1 aliphatic carbocycles. The van der Waals surface area contributed by atoms with Crippen LogP contribution in [0.5, 0.6) is 0 Å². The molecule has 1 saturated heterocycles. The second-order valence-electron chi connectivity index (χ2n) is 6.41. The van der Waals surface area contributed by atoms with Crippen molar-refractivity contribution in [2.45, 2.75) is 31.7 Å². The summed E-state index contributed by atoms with van der Waals surface area (Å²) >= 11 is 5.98. The molecular formula is C17H19ClN4O. The van der Waals surface area contributed by atoms with Crippen molar-refractivity contribution in [1.82, 2.24) is 15.3 Å². The summed E-state index contributed by atoms with van der Waals surface area (Å²) in [5.41, 5.74) is 1.65. The van der Waals surface area contributed by atoms with Crippen LogP contribution in [0.3, 0.4) is 0 Å². The summed E-state index contributed by atoms with van der Waals surface area (Å²) in [5.74, 6) is 1.24. The SMILES string of the molecule is O=C(NC1CC1)C1CCN(c2cnc3cc(Cl)ccc3n2)CC1. The zero-order chi connectivity index (χ0) is 15.8. The van der Waals surface area contributed by atoms with E-state index in [9.17, 15) is 4.79 Å². The predicted octanol–water partition coefficient (Wildman–Crippen LogP) is 2.78. The first kappa shape index (κ1) is 14.7. The van der Waals surface area contributed by atoms with Gasteiger partial charge in [0, 0.05) is 30.1 Å². The van der Waals surface area contributed by atoms with Crippen LogP contribution in [0.1, 0.15) is 25.7 Å². The Balaban J connectivity index is 1.43. The molecule has 1 N–H and O–H groups in total. The van der Waals surface area contributed by atoms with Gasteiger partial charge in [-0.15, -0.1) is 0 Å². The standard InChI is InChI=1S/C17H19ClN4O/c18-12-1-4-14-15(9-12)19-10-16(21-14)22-7-5-11(6-8-22)17(23)20-13-2-3-13/h1,4,9-11,13H,2-3,5-8H2,(H,20,23). The second kappa shape index (κ2) is 5.96. The lowest BCUT2D eigenvalue weighted by Crippen LogP contribution is -2.41. The van der Waals surface area contributed by atoms with E-state index in [1.54, 1.807) is 6.20 Å². The molecule has 1 aromatic carbocycles. The maximum absolute atomic E-state index is 12.1. The van der Waals surface area contributed by atoms with E-state index in [1.165, 1.54) is 0 Å². The van der Waals surface area contributed by atoms with Gasteiger partial charge in [0.05, 0.1) is 17.2 Å². The van der Waals surface area contributed by atoms with Crippen molar-refractivity contribution >= 4 is 34.4 Å². The summed E-state index contributed by atoms with van der Waals surface area (Å²) in [4.78, 5) is 23.5. The lowest BCUT2D eigenvalue weighted by molar-refractivity contribution is -0.125. The molecular weight excluding hydrogens is 312 g/mol. The third-order valence-electron chi connectivity index (χ3n) is 4.61. The Morgan fingerprint density at radius 2 is 1.96 bits per heavy atom. The van der Waals surface area contributed by atoms with Gasteiger partial charge in [0.2, 0.25) is 5.91 Å². The molecule has 0 bridgehead atoms. The average Bonchev–Trinajstić information content (AvgIpc) is 3.38. The van der Waals surface area contributed by atoms with Crippen LogP contribution >= 0.6 is 11.6 Å². The van der Waals surface area contributed by atoms with Crippen LogP contribution in [0, 0.1) is 5.92 Å². The number of nitrogens with zero attached hydrogens (tertiary/aromatic N) is 3. The van der Waals surface area contributed by atoms with Gasteiger partial charge in [-0.05, 0) is 43.9 Å². The maximum atomic E-state index is 12.1. The number of hydrogen-bond donors (Lipinski definition) is 1. The molecule has 120 valence electrons. The van der Waals surface area contributed by atoms with E-state index in [0.29, 0.717) is 11.1 Å². The van der Waals surface area contributed by atoms with Crippen LogP contribution in [0.15, 0.2) is 24.4 Å². The number of nitrogens with one attached hydrogen (secondary N) is 1. The number of aromatic nitrogens is 2. The molecule has 2 fully saturated rings. The number of benzene rings is 1. The highest BCUT2D eigenvalue weighted by atomic mass is 35.5. The molecule has 23 heavy (non-hydrogen) atoms.